The van der Waals surface area contributed by atoms with E-state index in [-0.39, 0.29) is 22.9 Å². The van der Waals surface area contributed by atoms with Crippen LogP contribution in [0.3, 0.4) is 0 Å². The number of nitro benzene ring substituents is 1. The number of para-hydroxylation sites is 1. The van der Waals surface area contributed by atoms with E-state index in [9.17, 15) is 19.3 Å². The second-order valence-corrected chi connectivity index (χ2v) is 4.29. The van der Waals surface area contributed by atoms with Crippen LogP contribution >= 0.6 is 0 Å². The van der Waals surface area contributed by atoms with Gasteiger partial charge >= 0.3 is 5.97 Å². The lowest BCUT2D eigenvalue weighted by Crippen LogP contribution is -2.18. The first-order chi connectivity index (χ1) is 11.0. The summed E-state index contributed by atoms with van der Waals surface area (Å²) in [6.45, 7) is -0.563. The molecule has 0 bridgehead atoms. The van der Waals surface area contributed by atoms with Crippen LogP contribution in [0.4, 0.5) is 10.1 Å². The van der Waals surface area contributed by atoms with Crippen LogP contribution in [-0.2, 0) is 4.79 Å². The van der Waals surface area contributed by atoms with Gasteiger partial charge < -0.3 is 14.2 Å². The highest BCUT2D eigenvalue weighted by molar-refractivity contribution is 5.75. The lowest BCUT2D eigenvalue weighted by Gasteiger charge is -2.10. The number of halogens is 1. The lowest BCUT2D eigenvalue weighted by molar-refractivity contribution is -0.384. The number of nitrogens with zero attached hydrogens (tertiary/aromatic N) is 1. The minimum Gasteiger partial charge on any atom is -0.493 e. The molecule has 0 aliphatic carbocycles. The molecule has 0 spiro atoms. The van der Waals surface area contributed by atoms with Gasteiger partial charge in [-0.15, -0.1) is 0 Å². The van der Waals surface area contributed by atoms with Crippen LogP contribution in [0.2, 0.25) is 0 Å². The third-order valence-electron chi connectivity index (χ3n) is 2.76. The first-order valence-electron chi connectivity index (χ1n) is 6.41. The average molecular weight is 321 g/mol. The quantitative estimate of drug-likeness (QED) is 0.352. The molecule has 2 rings (SSSR count). The van der Waals surface area contributed by atoms with Crippen molar-refractivity contribution in [2.75, 3.05) is 13.7 Å². The third kappa shape index (κ3) is 4.16. The molecule has 23 heavy (non-hydrogen) atoms. The van der Waals surface area contributed by atoms with E-state index in [4.69, 9.17) is 14.2 Å². The molecule has 0 aliphatic heterocycles. The summed E-state index contributed by atoms with van der Waals surface area (Å²) in [7, 11) is 1.33. The molecule has 0 unspecified atom stereocenters. The first kappa shape index (κ1) is 16.2. The fourth-order valence-electron chi connectivity index (χ4n) is 1.71. The molecule has 8 heteroatoms. The molecule has 0 aliphatic rings. The Kier molecular flexibility index (Phi) is 5.08. The van der Waals surface area contributed by atoms with E-state index < -0.39 is 23.3 Å². The largest absolute Gasteiger partial charge is 0.493 e. The third-order valence-corrected chi connectivity index (χ3v) is 2.76. The zero-order valence-electron chi connectivity index (χ0n) is 12.0. The van der Waals surface area contributed by atoms with Gasteiger partial charge in [0, 0.05) is 6.07 Å². The Hall–Kier alpha value is -3.16. The number of rotatable bonds is 6. The van der Waals surface area contributed by atoms with E-state index in [1.54, 1.807) is 6.07 Å². The Balaban J connectivity index is 2.06. The SMILES string of the molecule is COc1ccc([N+](=O)[O-])cc1OC(=O)COc1ccccc1F. The maximum Gasteiger partial charge on any atom is 0.349 e. The Morgan fingerprint density at radius 1 is 1.17 bits per heavy atom. The zero-order valence-corrected chi connectivity index (χ0v) is 12.0. The minimum absolute atomic E-state index is 0.101. The molecule has 0 radical (unpaired) electrons. The molecule has 0 saturated carbocycles. The molecule has 0 heterocycles. The summed E-state index contributed by atoms with van der Waals surface area (Å²) in [6.07, 6.45) is 0. The maximum absolute atomic E-state index is 13.4. The summed E-state index contributed by atoms with van der Waals surface area (Å²) in [6, 6.07) is 9.15. The van der Waals surface area contributed by atoms with E-state index in [0.29, 0.717) is 0 Å². The van der Waals surface area contributed by atoms with Crippen molar-refractivity contribution in [1.82, 2.24) is 0 Å². The molecule has 0 fully saturated rings. The van der Waals surface area contributed by atoms with Crippen molar-refractivity contribution in [3.05, 3.63) is 58.4 Å². The molecule has 2 aromatic rings. The first-order valence-corrected chi connectivity index (χ1v) is 6.41. The second-order valence-electron chi connectivity index (χ2n) is 4.29. The van der Waals surface area contributed by atoms with Gasteiger partial charge in [-0.2, -0.15) is 0 Å². The number of esters is 1. The van der Waals surface area contributed by atoms with Gasteiger partial charge in [-0.3, -0.25) is 10.1 Å². The van der Waals surface area contributed by atoms with Gasteiger partial charge in [0.2, 0.25) is 0 Å². The second kappa shape index (κ2) is 7.21. The number of methoxy groups -OCH3 is 1. The Morgan fingerprint density at radius 2 is 1.91 bits per heavy atom. The molecule has 0 aromatic heterocycles. The molecule has 7 nitrogen and oxygen atoms in total. The van der Waals surface area contributed by atoms with Gasteiger partial charge in [-0.1, -0.05) is 12.1 Å². The van der Waals surface area contributed by atoms with Gasteiger partial charge in [-0.05, 0) is 18.2 Å². The predicted molar refractivity (Wildman–Crippen MR) is 77.2 cm³/mol. The molecule has 0 N–H and O–H groups in total. The van der Waals surface area contributed by atoms with Crippen molar-refractivity contribution in [3.8, 4) is 17.2 Å². The highest BCUT2D eigenvalue weighted by Crippen LogP contribution is 2.31. The Bertz CT molecular complexity index is 734. The number of nitro groups is 1. The summed E-state index contributed by atoms with van der Waals surface area (Å²) < 4.78 is 28.3. The van der Waals surface area contributed by atoms with Crippen LogP contribution in [-0.4, -0.2) is 24.6 Å². The van der Waals surface area contributed by atoms with E-state index in [0.717, 1.165) is 6.07 Å². The molecule has 0 saturated heterocycles. The van der Waals surface area contributed by atoms with Crippen molar-refractivity contribution >= 4 is 11.7 Å². The van der Waals surface area contributed by atoms with Crippen LogP contribution in [0.5, 0.6) is 17.2 Å². The summed E-state index contributed by atoms with van der Waals surface area (Å²) in [5.74, 6) is -1.55. The van der Waals surface area contributed by atoms with Crippen molar-refractivity contribution in [3.63, 3.8) is 0 Å². The molecular formula is C15H12FNO6. The highest BCUT2D eigenvalue weighted by Gasteiger charge is 2.16. The number of hydrogen-bond donors (Lipinski definition) is 0. The van der Waals surface area contributed by atoms with E-state index in [1.165, 1.54) is 37.4 Å². The van der Waals surface area contributed by atoms with Crippen molar-refractivity contribution < 1.29 is 28.3 Å². The van der Waals surface area contributed by atoms with Crippen LogP contribution < -0.4 is 14.2 Å². The molecular weight excluding hydrogens is 309 g/mol. The van der Waals surface area contributed by atoms with E-state index in [1.807, 2.05) is 0 Å². The van der Waals surface area contributed by atoms with Crippen LogP contribution in [0, 0.1) is 15.9 Å². The van der Waals surface area contributed by atoms with Crippen molar-refractivity contribution in [2.45, 2.75) is 0 Å². The number of non-ortho nitro benzene ring substituents is 1. The van der Waals surface area contributed by atoms with Gasteiger partial charge in [0.25, 0.3) is 5.69 Å². The fraction of sp³-hybridized carbons (Fsp3) is 0.133. The summed E-state index contributed by atoms with van der Waals surface area (Å²) >= 11 is 0. The molecule has 2 aromatic carbocycles. The lowest BCUT2D eigenvalue weighted by atomic mass is 10.3. The predicted octanol–water partition coefficient (Wildman–Crippen LogP) is 2.73. The Labute approximate surface area is 130 Å². The number of ether oxygens (including phenoxy) is 3. The molecule has 120 valence electrons. The minimum atomic E-state index is -0.855. The number of carbonyl (C=O) groups is 1. The van der Waals surface area contributed by atoms with Crippen LogP contribution in [0.1, 0.15) is 0 Å². The topological polar surface area (TPSA) is 87.9 Å². The summed E-state index contributed by atoms with van der Waals surface area (Å²) in [5.41, 5.74) is -0.261. The van der Waals surface area contributed by atoms with Crippen molar-refractivity contribution in [1.29, 1.82) is 0 Å². The normalized spacial score (nSPS) is 10.0. The fourth-order valence-corrected chi connectivity index (χ4v) is 1.71. The van der Waals surface area contributed by atoms with E-state index >= 15 is 0 Å². The van der Waals surface area contributed by atoms with Gasteiger partial charge in [0.05, 0.1) is 18.1 Å². The summed E-state index contributed by atoms with van der Waals surface area (Å²) in [4.78, 5) is 21.9. The maximum atomic E-state index is 13.4. The number of benzene rings is 2. The van der Waals surface area contributed by atoms with Gasteiger partial charge in [0.15, 0.2) is 29.7 Å². The number of hydrogen-bond acceptors (Lipinski definition) is 6. The number of carbonyl (C=O) groups excluding carboxylic acids is 1. The summed E-state index contributed by atoms with van der Waals surface area (Å²) in [5, 5.41) is 10.7. The van der Waals surface area contributed by atoms with Crippen molar-refractivity contribution in [2.24, 2.45) is 0 Å². The molecule has 0 amide bonds. The van der Waals surface area contributed by atoms with Crippen LogP contribution in [0.15, 0.2) is 42.5 Å². The Morgan fingerprint density at radius 3 is 2.57 bits per heavy atom. The zero-order chi connectivity index (χ0) is 16.8. The average Bonchev–Trinajstić information content (AvgIpc) is 2.54. The van der Waals surface area contributed by atoms with Gasteiger partial charge in [-0.25, -0.2) is 9.18 Å². The molecule has 0 atom stereocenters. The highest BCUT2D eigenvalue weighted by atomic mass is 19.1. The standard InChI is InChI=1S/C15H12FNO6/c1-21-13-7-6-10(17(19)20)8-14(13)23-15(18)9-22-12-5-3-2-4-11(12)16/h2-8H,9H2,1H3. The van der Waals surface area contributed by atoms with Crippen LogP contribution in [0.25, 0.3) is 0 Å². The van der Waals surface area contributed by atoms with E-state index in [2.05, 4.69) is 0 Å². The van der Waals surface area contributed by atoms with Gasteiger partial charge in [0.1, 0.15) is 0 Å². The smallest absolute Gasteiger partial charge is 0.349 e. The monoisotopic (exact) mass is 321 g/mol.